The topological polar surface area (TPSA) is 188 Å². The molecule has 0 saturated carbocycles. The second kappa shape index (κ2) is 14.1. The number of amides is 2. The first-order valence-corrected chi connectivity index (χ1v) is 15.9. The molecule has 12 nitrogen and oxygen atoms in total. The molecule has 0 aliphatic rings. The molecule has 0 unspecified atom stereocenters. The van der Waals surface area contributed by atoms with Crippen molar-refractivity contribution >= 4 is 104 Å². The number of hydrogen-bond donors (Lipinski definition) is 4. The summed E-state index contributed by atoms with van der Waals surface area (Å²) >= 11 is 26.0. The van der Waals surface area contributed by atoms with Crippen LogP contribution in [-0.2, 0) is 9.59 Å². The molecule has 4 heterocycles. The number of unbranched alkanes of at least 4 members (excludes halogenated alkanes) is 1. The summed E-state index contributed by atoms with van der Waals surface area (Å²) in [5.41, 5.74) is 14.1. The van der Waals surface area contributed by atoms with Crippen molar-refractivity contribution in [1.29, 1.82) is 0 Å². The summed E-state index contributed by atoms with van der Waals surface area (Å²) in [7, 11) is 0. The number of nitrogens with zero attached hydrogens (tertiary/aromatic N) is 6. The SMILES string of the molecule is Nc1ncc2cc(-c3c(Cl)cccc3Cl)c(NC(=O)CCCCC(=O)Nc3nc4nc(N)ncc4cc3-c3c(Cl)cccc3Cl)nc2n1. The number of carbonyl (C=O) groups excluding carboxylic acids is 2. The highest BCUT2D eigenvalue weighted by Crippen LogP contribution is 2.40. The maximum absolute atomic E-state index is 13.1. The molecule has 0 bridgehead atoms. The molecule has 0 saturated heterocycles. The van der Waals surface area contributed by atoms with Gasteiger partial charge in [0, 0.05) is 58.3 Å². The standard InChI is InChI=1S/C32H24Cl4N10O2/c33-19-5-3-6-20(34)25(19)17-11-15-13-39-31(37)45-27(15)43-29(17)41-23(47)9-1-2-10-24(48)42-30-18(26-21(35)7-4-8-22(26)36)12-16-14-40-32(38)46-28(16)44-30/h3-8,11-14H,1-2,9-10H2,(H3,37,39,41,43,45,47)(H3,38,40,42,44,46,48). The lowest BCUT2D eigenvalue weighted by atomic mass is 10.0. The van der Waals surface area contributed by atoms with E-state index in [1.54, 1.807) is 48.5 Å². The van der Waals surface area contributed by atoms with E-state index >= 15 is 0 Å². The number of pyridine rings is 2. The lowest BCUT2D eigenvalue weighted by molar-refractivity contribution is -0.118. The lowest BCUT2D eigenvalue weighted by Gasteiger charge is -2.15. The van der Waals surface area contributed by atoms with Crippen molar-refractivity contribution < 1.29 is 9.59 Å². The Labute approximate surface area is 293 Å². The second-order valence-corrected chi connectivity index (χ2v) is 12.2. The number of nitrogen functional groups attached to an aromatic ring is 2. The molecule has 6 aromatic rings. The van der Waals surface area contributed by atoms with Gasteiger partial charge in [0.15, 0.2) is 11.3 Å². The zero-order valence-corrected chi connectivity index (χ0v) is 27.8. The Morgan fingerprint density at radius 3 is 1.35 bits per heavy atom. The van der Waals surface area contributed by atoms with Crippen LogP contribution in [0.3, 0.4) is 0 Å². The van der Waals surface area contributed by atoms with Gasteiger partial charge in [-0.15, -0.1) is 0 Å². The van der Waals surface area contributed by atoms with Crippen molar-refractivity contribution in [2.75, 3.05) is 22.1 Å². The van der Waals surface area contributed by atoms with E-state index in [2.05, 4.69) is 40.5 Å². The van der Waals surface area contributed by atoms with Crippen LogP contribution < -0.4 is 22.1 Å². The Bertz CT molecular complexity index is 2040. The second-order valence-electron chi connectivity index (χ2n) is 10.5. The van der Waals surface area contributed by atoms with Crippen LogP contribution in [0.4, 0.5) is 23.5 Å². The highest BCUT2D eigenvalue weighted by atomic mass is 35.5. The molecule has 0 atom stereocenters. The normalized spacial score (nSPS) is 11.2. The van der Waals surface area contributed by atoms with Crippen LogP contribution in [0.1, 0.15) is 25.7 Å². The van der Waals surface area contributed by atoms with Crippen molar-refractivity contribution in [2.24, 2.45) is 0 Å². The number of fused-ring (bicyclic) bond motifs is 2. The zero-order chi connectivity index (χ0) is 33.9. The number of halogens is 4. The van der Waals surface area contributed by atoms with Gasteiger partial charge in [-0.25, -0.2) is 19.9 Å². The molecule has 16 heteroatoms. The minimum absolute atomic E-state index is 0.0347. The molecular weight excluding hydrogens is 698 g/mol. The monoisotopic (exact) mass is 720 g/mol. The predicted octanol–water partition coefficient (Wildman–Crippen LogP) is 7.61. The van der Waals surface area contributed by atoms with Crippen molar-refractivity contribution in [3.63, 3.8) is 0 Å². The Morgan fingerprint density at radius 1 is 0.604 bits per heavy atom. The molecule has 6 rings (SSSR count). The lowest BCUT2D eigenvalue weighted by Crippen LogP contribution is -2.16. The van der Waals surface area contributed by atoms with Gasteiger partial charge in [0.1, 0.15) is 11.6 Å². The van der Waals surface area contributed by atoms with E-state index in [1.165, 1.54) is 12.4 Å². The highest BCUT2D eigenvalue weighted by molar-refractivity contribution is 6.40. The van der Waals surface area contributed by atoms with Crippen LogP contribution >= 0.6 is 46.4 Å². The molecule has 2 aromatic carbocycles. The van der Waals surface area contributed by atoms with Gasteiger partial charge in [-0.3, -0.25) is 9.59 Å². The molecule has 0 radical (unpaired) electrons. The third-order valence-electron chi connectivity index (χ3n) is 7.21. The minimum Gasteiger partial charge on any atom is -0.368 e. The Morgan fingerprint density at radius 2 is 0.979 bits per heavy atom. The van der Waals surface area contributed by atoms with E-state index in [1.807, 2.05) is 0 Å². The number of nitrogens with two attached hydrogens (primary N) is 2. The van der Waals surface area contributed by atoms with Crippen molar-refractivity contribution in [3.05, 3.63) is 81.0 Å². The van der Waals surface area contributed by atoms with Gasteiger partial charge in [0.2, 0.25) is 23.7 Å². The fourth-order valence-corrected chi connectivity index (χ4v) is 6.20. The number of anilines is 4. The van der Waals surface area contributed by atoms with E-state index in [-0.39, 0.29) is 59.5 Å². The van der Waals surface area contributed by atoms with Gasteiger partial charge >= 0.3 is 0 Å². The summed E-state index contributed by atoms with van der Waals surface area (Å²) in [4.78, 5) is 51.6. The molecule has 4 aromatic heterocycles. The zero-order valence-electron chi connectivity index (χ0n) is 24.8. The maximum Gasteiger partial charge on any atom is 0.225 e. The Kier molecular flexibility index (Phi) is 9.69. The van der Waals surface area contributed by atoms with Gasteiger partial charge in [-0.1, -0.05) is 58.5 Å². The van der Waals surface area contributed by atoms with Crippen molar-refractivity contribution in [1.82, 2.24) is 29.9 Å². The van der Waals surface area contributed by atoms with Gasteiger partial charge in [-0.05, 0) is 49.2 Å². The number of aromatic nitrogens is 6. The summed E-state index contributed by atoms with van der Waals surface area (Å²) in [6.07, 6.45) is 4.03. The van der Waals surface area contributed by atoms with Gasteiger partial charge in [0.05, 0.1) is 20.1 Å². The van der Waals surface area contributed by atoms with Crippen LogP contribution in [0.15, 0.2) is 60.9 Å². The first kappa shape index (κ1) is 33.0. The quantitative estimate of drug-likeness (QED) is 0.108. The average molecular weight is 722 g/mol. The highest BCUT2D eigenvalue weighted by Gasteiger charge is 2.20. The smallest absolute Gasteiger partial charge is 0.225 e. The summed E-state index contributed by atoms with van der Waals surface area (Å²) in [6.45, 7) is 0. The van der Waals surface area contributed by atoms with E-state index in [4.69, 9.17) is 57.9 Å². The number of hydrogen-bond acceptors (Lipinski definition) is 10. The first-order valence-electron chi connectivity index (χ1n) is 14.4. The molecule has 6 N–H and O–H groups in total. The number of carbonyl (C=O) groups is 2. The molecule has 0 aliphatic heterocycles. The van der Waals surface area contributed by atoms with E-state index in [0.29, 0.717) is 66.0 Å². The summed E-state index contributed by atoms with van der Waals surface area (Å²) in [5, 5.41) is 8.32. The Balaban J connectivity index is 1.15. The van der Waals surface area contributed by atoms with E-state index in [0.717, 1.165) is 0 Å². The fraction of sp³-hybridized carbons (Fsp3) is 0.125. The number of rotatable bonds is 9. The summed E-state index contributed by atoms with van der Waals surface area (Å²) in [5.74, 6) is -0.192. The van der Waals surface area contributed by atoms with Crippen molar-refractivity contribution in [2.45, 2.75) is 25.7 Å². The van der Waals surface area contributed by atoms with Gasteiger partial charge < -0.3 is 22.1 Å². The van der Waals surface area contributed by atoms with Crippen LogP contribution in [0.25, 0.3) is 44.3 Å². The van der Waals surface area contributed by atoms with Crippen LogP contribution in [0.5, 0.6) is 0 Å². The first-order chi connectivity index (χ1) is 23.1. The summed E-state index contributed by atoms with van der Waals surface area (Å²) < 4.78 is 0. The van der Waals surface area contributed by atoms with Gasteiger partial charge in [0.25, 0.3) is 0 Å². The third kappa shape index (κ3) is 7.16. The average Bonchev–Trinajstić information content (AvgIpc) is 3.03. The number of nitrogens with one attached hydrogen (secondary N) is 2. The fourth-order valence-electron chi connectivity index (χ4n) is 5.00. The minimum atomic E-state index is -0.335. The van der Waals surface area contributed by atoms with E-state index < -0.39 is 0 Å². The molecule has 0 spiro atoms. The molecule has 48 heavy (non-hydrogen) atoms. The van der Waals surface area contributed by atoms with Gasteiger partial charge in [-0.2, -0.15) is 9.97 Å². The van der Waals surface area contributed by atoms with Crippen molar-refractivity contribution in [3.8, 4) is 22.3 Å². The van der Waals surface area contributed by atoms with Crippen LogP contribution in [-0.4, -0.2) is 41.7 Å². The largest absolute Gasteiger partial charge is 0.368 e. The van der Waals surface area contributed by atoms with E-state index in [9.17, 15) is 9.59 Å². The molecule has 242 valence electrons. The third-order valence-corrected chi connectivity index (χ3v) is 8.47. The Hall–Kier alpha value is -4.88. The molecule has 0 fully saturated rings. The predicted molar refractivity (Wildman–Crippen MR) is 190 cm³/mol. The molecular formula is C32H24Cl4N10O2. The van der Waals surface area contributed by atoms with Crippen LogP contribution in [0, 0.1) is 0 Å². The number of benzene rings is 2. The molecule has 2 amide bonds. The summed E-state index contributed by atoms with van der Waals surface area (Å²) in [6, 6.07) is 13.6. The maximum atomic E-state index is 13.1. The molecule has 0 aliphatic carbocycles. The van der Waals surface area contributed by atoms with Crippen LogP contribution in [0.2, 0.25) is 20.1 Å².